The van der Waals surface area contributed by atoms with Crippen LogP contribution in [0.15, 0.2) is 100.0 Å². The fraction of sp³-hybridized carbons (Fsp3) is 0.167. The van der Waals surface area contributed by atoms with E-state index < -0.39 is 0 Å². The van der Waals surface area contributed by atoms with Crippen molar-refractivity contribution in [2.24, 2.45) is 0 Å². The third-order valence-electron chi connectivity index (χ3n) is 6.57. The molecule has 6 aliphatic rings. The summed E-state index contributed by atoms with van der Waals surface area (Å²) in [6.45, 7) is 0. The van der Waals surface area contributed by atoms with Crippen molar-refractivity contribution in [3.8, 4) is 35.5 Å². The predicted molar refractivity (Wildman–Crippen MR) is 286 cm³/mol. The first-order chi connectivity index (χ1) is 26.4. The van der Waals surface area contributed by atoms with E-state index in [1.54, 1.807) is 70.6 Å². The van der Waals surface area contributed by atoms with Gasteiger partial charge in [-0.3, -0.25) is 0 Å². The second-order valence-corrected chi connectivity index (χ2v) is 29.9. The van der Waals surface area contributed by atoms with Gasteiger partial charge in [-0.05, 0) is 72.0 Å². The second kappa shape index (κ2) is 21.6. The highest BCUT2D eigenvalue weighted by molar-refractivity contribution is 8.44. The van der Waals surface area contributed by atoms with Crippen LogP contribution in [0.2, 0.25) is 0 Å². The van der Waals surface area contributed by atoms with Gasteiger partial charge in [-0.2, -0.15) is 0 Å². The van der Waals surface area contributed by atoms with E-state index >= 15 is 0 Å². The molecule has 276 valence electrons. The highest BCUT2D eigenvalue weighted by Gasteiger charge is 2.28. The Morgan fingerprint density at radius 3 is 0.778 bits per heavy atom. The first-order valence-electron chi connectivity index (χ1n) is 15.0. The van der Waals surface area contributed by atoms with Crippen LogP contribution in [0.25, 0.3) is 0 Å². The molecule has 0 amide bonds. The van der Waals surface area contributed by atoms with Crippen molar-refractivity contribution >= 4 is 212 Å². The second-order valence-electron chi connectivity index (χ2n) is 9.94. The van der Waals surface area contributed by atoms with Crippen molar-refractivity contribution in [1.29, 1.82) is 0 Å². The molecule has 6 heterocycles. The molecule has 0 bridgehead atoms. The van der Waals surface area contributed by atoms with E-state index in [0.29, 0.717) is 0 Å². The zero-order valence-electron chi connectivity index (χ0n) is 28.8. The van der Waals surface area contributed by atoms with Crippen LogP contribution in [0.4, 0.5) is 0 Å². The van der Waals surface area contributed by atoms with Crippen LogP contribution >= 0.6 is 212 Å². The molecule has 0 N–H and O–H groups in total. The lowest BCUT2D eigenvalue weighted by Gasteiger charge is -2.01. The summed E-state index contributed by atoms with van der Waals surface area (Å²) >= 11 is 33.0. The third kappa shape index (κ3) is 11.2. The fourth-order valence-corrected chi connectivity index (χ4v) is 26.4. The van der Waals surface area contributed by atoms with Gasteiger partial charge in [-0.1, -0.05) is 177 Å². The number of allylic oxidation sites excluding steroid dienone is 3. The molecule has 0 nitrogen and oxygen atoms in total. The van der Waals surface area contributed by atoms with Crippen LogP contribution in [-0.4, -0.2) is 37.5 Å². The molecule has 0 unspecified atom stereocenters. The van der Waals surface area contributed by atoms with Crippen molar-refractivity contribution in [3.63, 3.8) is 0 Å². The quantitative estimate of drug-likeness (QED) is 0.248. The maximum absolute atomic E-state index is 3.47. The van der Waals surface area contributed by atoms with E-state index in [9.17, 15) is 0 Å². The van der Waals surface area contributed by atoms with Crippen molar-refractivity contribution in [2.45, 2.75) is 0 Å². The summed E-state index contributed by atoms with van der Waals surface area (Å²) in [7, 11) is 0. The minimum absolute atomic E-state index is 0.924. The van der Waals surface area contributed by atoms with Gasteiger partial charge >= 0.3 is 0 Å². The highest BCUT2D eigenvalue weighted by Crippen LogP contribution is 2.64. The smallest absolute Gasteiger partial charge is 0.0717 e. The number of hydrogen-bond acceptors (Lipinski definition) is 18. The Labute approximate surface area is 395 Å². The molecule has 6 aliphatic heterocycles. The van der Waals surface area contributed by atoms with Crippen LogP contribution < -0.4 is 0 Å². The zero-order chi connectivity index (χ0) is 37.6. The molecule has 1 aromatic rings. The van der Waals surface area contributed by atoms with Gasteiger partial charge in [0.25, 0.3) is 0 Å². The third-order valence-corrected chi connectivity index (χ3v) is 30.7. The van der Waals surface area contributed by atoms with Crippen LogP contribution in [0, 0.1) is 35.5 Å². The summed E-state index contributed by atoms with van der Waals surface area (Å²) in [5, 5.41) is 6.55. The normalized spacial score (nSPS) is 19.8. The summed E-state index contributed by atoms with van der Waals surface area (Å²) in [6.07, 6.45) is 13.0. The fourth-order valence-electron chi connectivity index (χ4n) is 4.26. The molecular weight excluding hydrogens is 1010 g/mol. The van der Waals surface area contributed by atoms with E-state index in [0.717, 1.165) is 31.4 Å². The number of rotatable bonds is 6. The Bertz CT molecular complexity index is 1940. The Morgan fingerprint density at radius 2 is 0.556 bits per heavy atom. The van der Waals surface area contributed by atoms with Gasteiger partial charge in [0.1, 0.15) is 0 Å². The minimum atomic E-state index is 0.924. The van der Waals surface area contributed by atoms with E-state index in [1.807, 2.05) is 141 Å². The molecule has 0 saturated carbocycles. The summed E-state index contributed by atoms with van der Waals surface area (Å²) in [6, 6.07) is 6.31. The molecule has 0 radical (unpaired) electrons. The Hall–Kier alpha value is 1.86. The predicted octanol–water partition coefficient (Wildman–Crippen LogP) is 17.1. The van der Waals surface area contributed by atoms with Gasteiger partial charge in [0.2, 0.25) is 0 Å². The molecule has 1 aromatic carbocycles. The van der Waals surface area contributed by atoms with Crippen molar-refractivity contribution < 1.29 is 0 Å². The average molecular weight is 1030 g/mol. The Balaban J connectivity index is 1.10. The van der Waals surface area contributed by atoms with Crippen LogP contribution in [0.3, 0.4) is 0 Å². The molecule has 54 heavy (non-hydrogen) atoms. The van der Waals surface area contributed by atoms with E-state index in [4.69, 9.17) is 0 Å². The van der Waals surface area contributed by atoms with Gasteiger partial charge in [0.05, 0.1) is 65.6 Å². The Kier molecular flexibility index (Phi) is 17.6. The summed E-state index contributed by atoms with van der Waals surface area (Å²) in [4.78, 5) is 3.22. The standard InChI is InChI=1S/C36H24S18/c1-37-25-26(38-2)50-34(49-25)31-43-16-22(46-31)10-7-19-13-20(8-11-23-17-44-32(47-23)35-51-27(39-3)28(40-4)52-35)15-21(14-19)9-12-24-18-45-33(48-24)36-53-29(41-5)30(42-6)54-36/h13-18H,1-6H3. The summed E-state index contributed by atoms with van der Waals surface area (Å²) in [5.74, 6) is 20.8. The largest absolute Gasteiger partial charge is 0.121 e. The molecular formula is C36H24S18. The van der Waals surface area contributed by atoms with E-state index in [1.165, 1.54) is 50.8 Å². The van der Waals surface area contributed by atoms with Crippen LogP contribution in [-0.2, 0) is 0 Å². The average Bonchev–Trinajstić information content (AvgIpc) is 4.06. The summed E-state index contributed by atoms with van der Waals surface area (Å²) < 4.78 is 16.4. The highest BCUT2D eigenvalue weighted by atomic mass is 32.3. The molecule has 0 saturated heterocycles. The number of benzene rings is 1. The molecule has 7 rings (SSSR count). The lowest BCUT2D eigenvalue weighted by atomic mass is 10.1. The molecule has 18 heteroatoms. The van der Waals surface area contributed by atoms with Gasteiger partial charge in [-0.25, -0.2) is 0 Å². The summed E-state index contributed by atoms with van der Waals surface area (Å²) in [5.41, 5.74) is 2.77. The Morgan fingerprint density at radius 1 is 0.315 bits per heavy atom. The first kappa shape index (κ1) is 43.9. The van der Waals surface area contributed by atoms with Gasteiger partial charge in [0, 0.05) is 16.7 Å². The molecule has 0 aliphatic carbocycles. The SMILES string of the molecule is CSC1=C(SC)SC(=C2SC=C(C#Cc3cc(C#CC4=CSC(=C5SC(SC)=C(SC)S5)S4)cc(C#CC4=CSC(=C5SC(SC)=C(SC)S5)S4)c3)S2)S1. The maximum atomic E-state index is 3.47. The molecule has 0 atom stereocenters. The zero-order valence-corrected chi connectivity index (χ0v) is 43.5. The number of thioether (sulfide) groups is 18. The lowest BCUT2D eigenvalue weighted by Crippen LogP contribution is -1.85. The van der Waals surface area contributed by atoms with Gasteiger partial charge < -0.3 is 0 Å². The van der Waals surface area contributed by atoms with Crippen LogP contribution in [0.5, 0.6) is 0 Å². The van der Waals surface area contributed by atoms with Crippen molar-refractivity contribution in [3.05, 3.63) is 117 Å². The maximum Gasteiger partial charge on any atom is 0.0717 e. The lowest BCUT2D eigenvalue weighted by molar-refractivity contribution is 1.56. The van der Waals surface area contributed by atoms with E-state index in [2.05, 4.69) is 107 Å². The van der Waals surface area contributed by atoms with Crippen molar-refractivity contribution in [2.75, 3.05) is 37.5 Å². The number of hydrogen-bond donors (Lipinski definition) is 0. The molecule has 0 spiro atoms. The first-order valence-corrected chi connectivity index (χ1v) is 32.4. The van der Waals surface area contributed by atoms with Crippen molar-refractivity contribution in [1.82, 2.24) is 0 Å². The van der Waals surface area contributed by atoms with Crippen LogP contribution in [0.1, 0.15) is 16.7 Å². The van der Waals surface area contributed by atoms with Gasteiger partial charge in [0.15, 0.2) is 0 Å². The minimum Gasteiger partial charge on any atom is -0.121 e. The van der Waals surface area contributed by atoms with E-state index in [-0.39, 0.29) is 0 Å². The topological polar surface area (TPSA) is 0 Å². The monoisotopic (exact) mass is 1030 g/mol. The van der Waals surface area contributed by atoms with Gasteiger partial charge in [-0.15, -0.1) is 70.6 Å². The molecule has 0 fully saturated rings. The molecule has 0 aromatic heterocycles.